The number of aromatic carboxylic acids is 1. The lowest BCUT2D eigenvalue weighted by molar-refractivity contribution is 0.0679. The lowest BCUT2D eigenvalue weighted by Gasteiger charge is -2.36. The third kappa shape index (κ3) is 6.09. The van der Waals surface area contributed by atoms with Gasteiger partial charge in [-0.3, -0.25) is 4.98 Å². The highest BCUT2D eigenvalue weighted by Gasteiger charge is 2.37. The largest absolute Gasteiger partial charge is 0.487 e. The topological polar surface area (TPSA) is 86.5 Å². The summed E-state index contributed by atoms with van der Waals surface area (Å²) in [6.45, 7) is 14.1. The third-order valence-corrected chi connectivity index (χ3v) is 11.5. The van der Waals surface area contributed by atoms with E-state index in [4.69, 9.17) is 14.1 Å². The minimum absolute atomic E-state index is 0.0326. The molecule has 0 unspecified atom stereocenters. The number of hydrogen-bond donors (Lipinski definition) is 1. The second-order valence-electron chi connectivity index (χ2n) is 10.9. The van der Waals surface area contributed by atoms with E-state index < -0.39 is 14.3 Å². The summed E-state index contributed by atoms with van der Waals surface area (Å²) in [4.78, 5) is 21.2. The summed E-state index contributed by atoms with van der Waals surface area (Å²) in [5.74, 6) is -0.505. The maximum Gasteiger partial charge on any atom is 0.372 e. The molecule has 1 N–H and O–H groups in total. The molecule has 0 aliphatic rings. The van der Waals surface area contributed by atoms with Crippen LogP contribution in [0.25, 0.3) is 11.0 Å². The molecule has 7 nitrogen and oxygen atoms in total. The normalized spacial score (nSPS) is 12.2. The molecule has 194 valence electrons. The average Bonchev–Trinajstić information content (AvgIpc) is 3.20. The lowest BCUT2D eigenvalue weighted by Crippen LogP contribution is -2.40. The average molecular weight is 518 g/mol. The van der Waals surface area contributed by atoms with Crippen LogP contribution >= 0.6 is 0 Å². The molecule has 0 saturated carbocycles. The summed E-state index contributed by atoms with van der Waals surface area (Å²) in [6, 6.07) is 19.5. The van der Waals surface area contributed by atoms with Crippen molar-refractivity contribution in [2.75, 3.05) is 0 Å². The highest BCUT2D eigenvalue weighted by Crippen LogP contribution is 2.37. The SMILES string of the molecule is Cc1ccc(OCc2ccccc2)c(Cn2c(C(=O)O)nc3ccc(CO[Si](C)(C)C(C)(C)C)cc32)n1. The number of hydrogen-bond acceptors (Lipinski definition) is 5. The van der Waals surface area contributed by atoms with Crippen molar-refractivity contribution < 1.29 is 19.1 Å². The standard InChI is InChI=1S/C29H35N3O4Si/c1-20-12-15-26(35-18-21-10-8-7-9-11-21)24(30-20)17-32-25-16-22(19-36-37(5,6)29(2,3)4)13-14-23(25)31-27(32)28(33)34/h7-16H,17-19H2,1-6H3,(H,33,34). The molecular weight excluding hydrogens is 482 g/mol. The molecule has 2 heterocycles. The number of imidazole rings is 1. The van der Waals surface area contributed by atoms with Crippen LogP contribution in [0.4, 0.5) is 0 Å². The zero-order valence-electron chi connectivity index (χ0n) is 22.4. The van der Waals surface area contributed by atoms with E-state index in [2.05, 4.69) is 38.8 Å². The van der Waals surface area contributed by atoms with Gasteiger partial charge in [-0.15, -0.1) is 0 Å². The Morgan fingerprint density at radius 3 is 2.38 bits per heavy atom. The molecule has 0 aliphatic carbocycles. The summed E-state index contributed by atoms with van der Waals surface area (Å²) in [7, 11) is -1.94. The molecule has 2 aromatic carbocycles. The van der Waals surface area contributed by atoms with Gasteiger partial charge in [0.15, 0.2) is 8.32 Å². The quantitative estimate of drug-likeness (QED) is 0.252. The summed E-state index contributed by atoms with van der Waals surface area (Å²) in [6.07, 6.45) is 0. The number of carboxylic acids is 1. The molecule has 0 bridgehead atoms. The molecule has 2 aromatic heterocycles. The maximum absolute atomic E-state index is 12.1. The molecule has 0 fully saturated rings. The molecule has 0 atom stereocenters. The van der Waals surface area contributed by atoms with Crippen molar-refractivity contribution in [3.63, 3.8) is 0 Å². The number of fused-ring (bicyclic) bond motifs is 1. The Bertz CT molecular complexity index is 1410. The first kappa shape index (κ1) is 26.6. The van der Waals surface area contributed by atoms with Crippen molar-refractivity contribution in [2.24, 2.45) is 0 Å². The summed E-state index contributed by atoms with van der Waals surface area (Å²) < 4.78 is 14.2. The molecule has 4 rings (SSSR count). The van der Waals surface area contributed by atoms with Crippen LogP contribution in [-0.2, 0) is 24.2 Å². The van der Waals surface area contributed by atoms with Gasteiger partial charge in [-0.25, -0.2) is 9.78 Å². The number of benzene rings is 2. The number of aromatic nitrogens is 3. The van der Waals surface area contributed by atoms with Crippen LogP contribution in [0.5, 0.6) is 5.75 Å². The Hall–Kier alpha value is -3.49. The van der Waals surface area contributed by atoms with Crippen molar-refractivity contribution in [1.29, 1.82) is 0 Å². The monoisotopic (exact) mass is 517 g/mol. The molecule has 0 spiro atoms. The van der Waals surface area contributed by atoms with E-state index in [9.17, 15) is 9.90 Å². The van der Waals surface area contributed by atoms with Gasteiger partial charge in [-0.2, -0.15) is 0 Å². The predicted octanol–water partition coefficient (Wildman–Crippen LogP) is 6.59. The summed E-state index contributed by atoms with van der Waals surface area (Å²) in [5, 5.41) is 10.0. The molecule has 0 saturated heterocycles. The fourth-order valence-corrected chi connectivity index (χ4v) is 4.75. The minimum atomic E-state index is -1.94. The van der Waals surface area contributed by atoms with Gasteiger partial charge < -0.3 is 18.8 Å². The third-order valence-electron chi connectivity index (χ3n) is 7.03. The van der Waals surface area contributed by atoms with Crippen LogP contribution in [0.1, 0.15) is 53.9 Å². The Labute approximate surface area is 219 Å². The van der Waals surface area contributed by atoms with E-state index in [0.717, 1.165) is 22.3 Å². The van der Waals surface area contributed by atoms with Crippen molar-refractivity contribution in [2.45, 2.75) is 65.6 Å². The van der Waals surface area contributed by atoms with Crippen molar-refractivity contribution >= 4 is 25.3 Å². The molecule has 37 heavy (non-hydrogen) atoms. The second kappa shape index (κ2) is 10.5. The van der Waals surface area contributed by atoms with Crippen LogP contribution in [0, 0.1) is 6.92 Å². The number of carbonyl (C=O) groups is 1. The van der Waals surface area contributed by atoms with Gasteiger partial charge >= 0.3 is 5.97 Å². The van der Waals surface area contributed by atoms with Crippen LogP contribution in [-0.4, -0.2) is 33.9 Å². The van der Waals surface area contributed by atoms with E-state index in [-0.39, 0.29) is 17.4 Å². The van der Waals surface area contributed by atoms with E-state index in [1.54, 1.807) is 4.57 Å². The molecule has 8 heteroatoms. The fraction of sp³-hybridized carbons (Fsp3) is 0.345. The van der Waals surface area contributed by atoms with E-state index in [1.807, 2.05) is 67.6 Å². The van der Waals surface area contributed by atoms with Gasteiger partial charge in [0.05, 0.1) is 24.2 Å². The van der Waals surface area contributed by atoms with Gasteiger partial charge in [0, 0.05) is 5.69 Å². The minimum Gasteiger partial charge on any atom is -0.487 e. The Balaban J connectivity index is 1.67. The molecule has 0 aliphatic heterocycles. The zero-order chi connectivity index (χ0) is 26.8. The van der Waals surface area contributed by atoms with Crippen LogP contribution in [0.15, 0.2) is 60.7 Å². The molecule has 4 aromatic rings. The molecular formula is C29H35N3O4Si. The molecule has 0 amide bonds. The van der Waals surface area contributed by atoms with Crippen LogP contribution < -0.4 is 4.74 Å². The highest BCUT2D eigenvalue weighted by atomic mass is 28.4. The van der Waals surface area contributed by atoms with Gasteiger partial charge in [0.2, 0.25) is 5.82 Å². The first-order valence-corrected chi connectivity index (χ1v) is 15.3. The second-order valence-corrected chi connectivity index (χ2v) is 15.7. The lowest BCUT2D eigenvalue weighted by atomic mass is 10.2. The number of carboxylic acid groups (broad SMARTS) is 1. The first-order valence-electron chi connectivity index (χ1n) is 12.4. The first-order chi connectivity index (χ1) is 17.4. The van der Waals surface area contributed by atoms with E-state index in [1.165, 1.54) is 0 Å². The Morgan fingerprint density at radius 1 is 0.973 bits per heavy atom. The smallest absolute Gasteiger partial charge is 0.372 e. The van der Waals surface area contributed by atoms with Gasteiger partial charge in [-0.1, -0.05) is 57.2 Å². The van der Waals surface area contributed by atoms with Gasteiger partial charge in [-0.05, 0) is 60.4 Å². The highest BCUT2D eigenvalue weighted by molar-refractivity contribution is 6.74. The van der Waals surface area contributed by atoms with Crippen molar-refractivity contribution in [3.8, 4) is 5.75 Å². The number of nitrogens with zero attached hydrogens (tertiary/aromatic N) is 3. The number of pyridine rings is 1. The number of ether oxygens (including phenoxy) is 1. The van der Waals surface area contributed by atoms with Gasteiger partial charge in [0.1, 0.15) is 18.1 Å². The van der Waals surface area contributed by atoms with E-state index in [0.29, 0.717) is 30.2 Å². The fourth-order valence-electron chi connectivity index (χ4n) is 3.79. The van der Waals surface area contributed by atoms with Crippen LogP contribution in [0.3, 0.4) is 0 Å². The predicted molar refractivity (Wildman–Crippen MR) is 148 cm³/mol. The van der Waals surface area contributed by atoms with Crippen molar-refractivity contribution in [3.05, 3.63) is 89.0 Å². The Kier molecular flexibility index (Phi) is 7.52. The van der Waals surface area contributed by atoms with Gasteiger partial charge in [0.25, 0.3) is 0 Å². The number of rotatable bonds is 9. The Morgan fingerprint density at radius 2 is 1.70 bits per heavy atom. The maximum atomic E-state index is 12.1. The summed E-state index contributed by atoms with van der Waals surface area (Å²) in [5.41, 5.74) is 4.85. The number of aryl methyl sites for hydroxylation is 1. The van der Waals surface area contributed by atoms with E-state index >= 15 is 0 Å². The van der Waals surface area contributed by atoms with Crippen LogP contribution in [0.2, 0.25) is 18.1 Å². The van der Waals surface area contributed by atoms with Crippen molar-refractivity contribution in [1.82, 2.24) is 14.5 Å². The molecule has 0 radical (unpaired) electrons. The zero-order valence-corrected chi connectivity index (χ0v) is 23.4. The summed E-state index contributed by atoms with van der Waals surface area (Å²) >= 11 is 0.